The van der Waals surface area contributed by atoms with Gasteiger partial charge in [-0.05, 0) is 54.4 Å². The maximum atomic E-state index is 13.9. The monoisotopic (exact) mass is 505 g/mol. The number of benzene rings is 1. The molecule has 1 unspecified atom stereocenters. The van der Waals surface area contributed by atoms with Crippen LogP contribution in [0.4, 0.5) is 5.69 Å². The van der Waals surface area contributed by atoms with Crippen molar-refractivity contribution in [3.8, 4) is 0 Å². The minimum atomic E-state index is -0.876. The Morgan fingerprint density at radius 2 is 1.82 bits per heavy atom. The van der Waals surface area contributed by atoms with E-state index in [1.165, 1.54) is 0 Å². The lowest BCUT2D eigenvalue weighted by molar-refractivity contribution is -0.127. The van der Waals surface area contributed by atoms with Gasteiger partial charge in [-0.15, -0.1) is 0 Å². The summed E-state index contributed by atoms with van der Waals surface area (Å²) in [5.41, 5.74) is 12.0. The van der Waals surface area contributed by atoms with E-state index in [9.17, 15) is 14.4 Å². The van der Waals surface area contributed by atoms with Crippen molar-refractivity contribution in [2.45, 2.75) is 64.5 Å². The summed E-state index contributed by atoms with van der Waals surface area (Å²) >= 11 is 6.94. The van der Waals surface area contributed by atoms with Gasteiger partial charge < -0.3 is 21.7 Å². The summed E-state index contributed by atoms with van der Waals surface area (Å²) in [5, 5.41) is 3.55. The molecule has 5 N–H and O–H groups in total. The lowest BCUT2D eigenvalue weighted by Crippen LogP contribution is -2.49. The smallest absolute Gasteiger partial charge is 0.270 e. The van der Waals surface area contributed by atoms with Crippen molar-refractivity contribution in [3.63, 3.8) is 0 Å². The third kappa shape index (κ3) is 6.07. The van der Waals surface area contributed by atoms with E-state index in [1.54, 1.807) is 29.2 Å². The van der Waals surface area contributed by atoms with Crippen LogP contribution in [0.5, 0.6) is 0 Å². The maximum Gasteiger partial charge on any atom is 0.270 e. The summed E-state index contributed by atoms with van der Waals surface area (Å²) < 4.78 is 4.00. The van der Waals surface area contributed by atoms with Crippen LogP contribution in [0, 0.1) is 5.92 Å². The van der Waals surface area contributed by atoms with E-state index in [4.69, 9.17) is 23.1 Å². The topological polar surface area (TPSA) is 131 Å². The Hall–Kier alpha value is -2.65. The fourth-order valence-corrected chi connectivity index (χ4v) is 5.14. The number of anilines is 1. The van der Waals surface area contributed by atoms with E-state index in [-0.39, 0.29) is 28.2 Å². The van der Waals surface area contributed by atoms with Crippen molar-refractivity contribution >= 4 is 46.5 Å². The first-order valence-corrected chi connectivity index (χ1v) is 12.8. The molecule has 1 heterocycles. The van der Waals surface area contributed by atoms with E-state index >= 15 is 0 Å². The second-order valence-electron chi connectivity index (χ2n) is 9.07. The molecule has 3 rings (SSSR count). The number of amides is 3. The van der Waals surface area contributed by atoms with Crippen LogP contribution < -0.4 is 16.8 Å². The molecule has 1 aromatic carbocycles. The zero-order valence-corrected chi connectivity index (χ0v) is 21.1. The third-order valence-electron chi connectivity index (χ3n) is 6.09. The molecule has 1 fully saturated rings. The van der Waals surface area contributed by atoms with E-state index in [0.29, 0.717) is 23.0 Å². The number of nitrogens with zero attached hydrogens (tertiary/aromatic N) is 2. The molecule has 1 aliphatic rings. The molecule has 2 aromatic rings. The Morgan fingerprint density at radius 3 is 2.38 bits per heavy atom. The summed E-state index contributed by atoms with van der Waals surface area (Å²) in [6, 6.07) is 5.92. The van der Waals surface area contributed by atoms with Crippen LogP contribution in [0.2, 0.25) is 5.02 Å². The maximum absolute atomic E-state index is 13.9. The van der Waals surface area contributed by atoms with Crippen molar-refractivity contribution in [2.24, 2.45) is 11.7 Å². The molecule has 34 heavy (non-hydrogen) atoms. The molecule has 1 atom stereocenters. The third-order valence-corrected chi connectivity index (χ3v) is 7.19. The number of aromatic nitrogens is 1. The number of carbonyl (C=O) groups is 3. The van der Waals surface area contributed by atoms with Crippen LogP contribution in [-0.2, 0) is 4.79 Å². The van der Waals surface area contributed by atoms with E-state index in [2.05, 4.69) is 23.5 Å². The Kier molecular flexibility index (Phi) is 8.90. The van der Waals surface area contributed by atoms with Crippen LogP contribution in [0.15, 0.2) is 24.3 Å². The van der Waals surface area contributed by atoms with Crippen molar-refractivity contribution in [3.05, 3.63) is 45.4 Å². The molecule has 1 saturated carbocycles. The van der Waals surface area contributed by atoms with Gasteiger partial charge in [-0.25, -0.2) is 0 Å². The lowest BCUT2D eigenvalue weighted by atomic mass is 9.91. The summed E-state index contributed by atoms with van der Waals surface area (Å²) in [6.45, 7) is 4.68. The number of hydrogen-bond donors (Lipinski definition) is 3. The fraction of sp³-hybridized carbons (Fsp3) is 0.500. The molecule has 3 amide bonds. The Bertz CT molecular complexity index is 1020. The second kappa shape index (κ2) is 11.7. The minimum Gasteiger partial charge on any atom is -0.395 e. The van der Waals surface area contributed by atoms with Crippen molar-refractivity contribution in [2.75, 3.05) is 12.3 Å². The van der Waals surface area contributed by atoms with Gasteiger partial charge in [-0.1, -0.05) is 56.8 Å². The van der Waals surface area contributed by atoms with Gasteiger partial charge in [-0.3, -0.25) is 14.4 Å². The van der Waals surface area contributed by atoms with Gasteiger partial charge in [0.25, 0.3) is 11.8 Å². The number of primary amides is 1. The van der Waals surface area contributed by atoms with Gasteiger partial charge in [0, 0.05) is 17.6 Å². The summed E-state index contributed by atoms with van der Waals surface area (Å²) in [4.78, 5) is 40.9. The SMILES string of the molecule is CC(C)CCNC(=O)C(c1ccc(Cl)cc1)N(C(=O)c1snc(C(N)=O)c1N)C1CCCCC1. The van der Waals surface area contributed by atoms with E-state index in [1.807, 2.05) is 0 Å². The van der Waals surface area contributed by atoms with Crippen LogP contribution in [0.1, 0.15) is 84.1 Å². The van der Waals surface area contributed by atoms with Gasteiger partial charge in [0.05, 0.1) is 5.69 Å². The lowest BCUT2D eigenvalue weighted by Gasteiger charge is -2.39. The highest BCUT2D eigenvalue weighted by molar-refractivity contribution is 7.09. The molecule has 10 heteroatoms. The highest BCUT2D eigenvalue weighted by Crippen LogP contribution is 2.35. The van der Waals surface area contributed by atoms with E-state index in [0.717, 1.165) is 50.1 Å². The molecule has 0 spiro atoms. The second-order valence-corrected chi connectivity index (χ2v) is 10.3. The van der Waals surface area contributed by atoms with Gasteiger partial charge in [0.15, 0.2) is 5.69 Å². The molecule has 8 nitrogen and oxygen atoms in total. The average Bonchev–Trinajstić information content (AvgIpc) is 3.19. The van der Waals surface area contributed by atoms with Crippen LogP contribution in [0.3, 0.4) is 0 Å². The van der Waals surface area contributed by atoms with Crippen LogP contribution in [0.25, 0.3) is 0 Å². The summed E-state index contributed by atoms with van der Waals surface area (Å²) in [6.07, 6.45) is 5.37. The molecular formula is C24H32ClN5O3S. The van der Waals surface area contributed by atoms with Gasteiger partial charge in [-0.2, -0.15) is 4.37 Å². The number of nitrogen functional groups attached to an aromatic ring is 1. The average molecular weight is 506 g/mol. The van der Waals surface area contributed by atoms with Gasteiger partial charge in [0.1, 0.15) is 10.9 Å². The predicted octanol–water partition coefficient (Wildman–Crippen LogP) is 4.16. The molecule has 184 valence electrons. The standard InChI is InChI=1S/C24H32ClN5O3S/c1-14(2)12-13-28-23(32)20(15-8-10-16(25)11-9-15)30(17-6-4-3-5-7-17)24(33)21-18(26)19(22(27)31)29-34-21/h8-11,14,17,20H,3-7,12-13,26H2,1-2H3,(H2,27,31)(H,28,32). The fourth-order valence-electron chi connectivity index (χ4n) is 4.26. The van der Waals surface area contributed by atoms with E-state index < -0.39 is 17.9 Å². The van der Waals surface area contributed by atoms with Crippen molar-refractivity contribution in [1.82, 2.24) is 14.6 Å². The Labute approximate surface area is 209 Å². The number of nitrogens with two attached hydrogens (primary N) is 2. The Morgan fingerprint density at radius 1 is 1.18 bits per heavy atom. The van der Waals surface area contributed by atoms with Gasteiger partial charge in [0.2, 0.25) is 5.91 Å². The molecule has 0 aliphatic heterocycles. The predicted molar refractivity (Wildman–Crippen MR) is 135 cm³/mol. The molecule has 0 bridgehead atoms. The number of hydrogen-bond acceptors (Lipinski definition) is 6. The highest BCUT2D eigenvalue weighted by atomic mass is 35.5. The van der Waals surface area contributed by atoms with Gasteiger partial charge >= 0.3 is 0 Å². The van der Waals surface area contributed by atoms with Crippen molar-refractivity contribution < 1.29 is 14.4 Å². The zero-order valence-electron chi connectivity index (χ0n) is 19.6. The largest absolute Gasteiger partial charge is 0.395 e. The van der Waals surface area contributed by atoms with Crippen LogP contribution in [-0.4, -0.2) is 39.6 Å². The number of carbonyl (C=O) groups excluding carboxylic acids is 3. The number of halogens is 1. The molecular weight excluding hydrogens is 474 g/mol. The number of nitrogens with one attached hydrogen (secondary N) is 1. The number of rotatable bonds is 9. The normalized spacial score (nSPS) is 15.2. The summed E-state index contributed by atoms with van der Waals surface area (Å²) in [5.74, 6) is -1.05. The first-order chi connectivity index (χ1) is 16.2. The van der Waals surface area contributed by atoms with Crippen molar-refractivity contribution in [1.29, 1.82) is 0 Å². The minimum absolute atomic E-state index is 0.0432. The van der Waals surface area contributed by atoms with Crippen LogP contribution >= 0.6 is 23.1 Å². The quantitative estimate of drug-likeness (QED) is 0.471. The Balaban J connectivity index is 2.05. The first kappa shape index (κ1) is 26.0. The molecule has 1 aliphatic carbocycles. The zero-order chi connectivity index (χ0) is 24.8. The highest BCUT2D eigenvalue weighted by Gasteiger charge is 2.39. The molecule has 1 aromatic heterocycles. The molecule has 0 radical (unpaired) electrons. The first-order valence-electron chi connectivity index (χ1n) is 11.6. The molecule has 0 saturated heterocycles. The summed E-state index contributed by atoms with van der Waals surface area (Å²) in [7, 11) is 0.